The fraction of sp³-hybridized carbons (Fsp3) is 0.353. The van der Waals surface area contributed by atoms with Crippen molar-refractivity contribution in [3.05, 3.63) is 33.4 Å². The molecule has 9 nitrogen and oxygen atoms in total. The normalized spacial score (nSPS) is 9.11. The van der Waals surface area contributed by atoms with Gasteiger partial charge >= 0.3 is 51.9 Å². The van der Waals surface area contributed by atoms with Crippen LogP contribution in [0.25, 0.3) is 0 Å². The van der Waals surface area contributed by atoms with Crippen molar-refractivity contribution < 1.29 is 61.2 Å². The number of aliphatic carboxylic acids is 1. The van der Waals surface area contributed by atoms with Crippen LogP contribution in [0.4, 0.5) is 0 Å². The van der Waals surface area contributed by atoms with Crippen LogP contribution in [-0.2, 0) is 45.7 Å². The molecule has 153 valence electrons. The van der Waals surface area contributed by atoms with Gasteiger partial charge < -0.3 is 15.3 Å². The Balaban J connectivity index is 0. The van der Waals surface area contributed by atoms with E-state index >= 15 is 0 Å². The summed E-state index contributed by atoms with van der Waals surface area (Å²) in [5, 5.41) is 35.6. The van der Waals surface area contributed by atoms with Crippen LogP contribution in [0.3, 0.4) is 0 Å². The van der Waals surface area contributed by atoms with E-state index in [-0.39, 0.29) is 17.1 Å². The molecule has 0 saturated carbocycles. The SMILES string of the molecule is CCc1c(CC)c(C(=O)O)c(C(=O)O)c(C(=O)O)c1CC.O=P#CC(=O)O.[Mn]. The molecule has 0 aromatic heterocycles. The summed E-state index contributed by atoms with van der Waals surface area (Å²) < 4.78 is 9.22. The maximum Gasteiger partial charge on any atom is 0 e. The molecule has 1 aromatic carbocycles. The summed E-state index contributed by atoms with van der Waals surface area (Å²) in [4.78, 5) is 43.7. The van der Waals surface area contributed by atoms with Gasteiger partial charge in [-0.1, -0.05) is 20.8 Å². The zero-order valence-corrected chi connectivity index (χ0v) is 17.4. The molecule has 1 rings (SSSR count). The minimum atomic E-state index is -1.53. The summed E-state index contributed by atoms with van der Waals surface area (Å²) in [6.07, 6.45) is 1.11. The Bertz CT molecular complexity index is 844. The van der Waals surface area contributed by atoms with E-state index in [4.69, 9.17) is 5.11 Å². The van der Waals surface area contributed by atoms with E-state index in [0.29, 0.717) is 36.0 Å². The molecule has 0 aliphatic carbocycles. The Morgan fingerprint density at radius 1 is 0.714 bits per heavy atom. The van der Waals surface area contributed by atoms with Crippen LogP contribution in [0.2, 0.25) is 0 Å². The van der Waals surface area contributed by atoms with E-state index in [1.165, 1.54) is 0 Å². The molecule has 0 saturated heterocycles. The van der Waals surface area contributed by atoms with Crippen molar-refractivity contribution in [1.29, 1.82) is 0 Å². The Hall–Kier alpha value is -2.37. The van der Waals surface area contributed by atoms with Crippen molar-refractivity contribution in [3.63, 3.8) is 0 Å². The number of carbonyl (C=O) groups is 4. The first-order chi connectivity index (χ1) is 12.6. The molecule has 0 aliphatic rings. The number of rotatable bonds is 6. The molecule has 4 N–H and O–H groups in total. The smallest absolute Gasteiger partial charge is 0 e. The molecular weight excluding hydrogens is 434 g/mol. The van der Waals surface area contributed by atoms with E-state index in [1.807, 2.05) is 0 Å². The minimum absolute atomic E-state index is 0. The van der Waals surface area contributed by atoms with Gasteiger partial charge in [0.2, 0.25) is 0 Å². The third-order valence-electron chi connectivity index (χ3n) is 3.68. The predicted molar refractivity (Wildman–Crippen MR) is 94.6 cm³/mol. The summed E-state index contributed by atoms with van der Waals surface area (Å²) in [7, 11) is -0.576. The quantitative estimate of drug-likeness (QED) is 0.374. The first kappa shape index (κ1) is 27.8. The second-order valence-corrected chi connectivity index (χ2v) is 5.45. The van der Waals surface area contributed by atoms with Gasteiger partial charge in [-0.3, -0.25) is 0 Å². The van der Waals surface area contributed by atoms with Crippen LogP contribution in [0.15, 0.2) is 0 Å². The van der Waals surface area contributed by atoms with Gasteiger partial charge in [0.15, 0.2) is 0 Å². The number of carboxylic acid groups (broad SMARTS) is 4. The molecule has 0 atom stereocenters. The molecular formula is C17H19MnO9P. The molecule has 11 heteroatoms. The van der Waals surface area contributed by atoms with Crippen LogP contribution < -0.4 is 0 Å². The second kappa shape index (κ2) is 12.9. The number of carboxylic acids is 4. The van der Waals surface area contributed by atoms with Crippen molar-refractivity contribution >= 4 is 31.8 Å². The topological polar surface area (TPSA) is 166 Å². The number of hydrogen-bond donors (Lipinski definition) is 4. The number of benzene rings is 1. The third kappa shape index (κ3) is 6.66. The fourth-order valence-electron chi connectivity index (χ4n) is 2.84. The summed E-state index contributed by atoms with van der Waals surface area (Å²) in [6, 6.07) is 0. The van der Waals surface area contributed by atoms with Crippen LogP contribution in [0.5, 0.6) is 0 Å². The Kier molecular flexibility index (Phi) is 12.8. The van der Waals surface area contributed by atoms with E-state index in [9.17, 15) is 39.1 Å². The van der Waals surface area contributed by atoms with Crippen LogP contribution in [0, 0.1) is 5.63 Å². The van der Waals surface area contributed by atoms with Crippen molar-refractivity contribution in [3.8, 4) is 5.63 Å². The van der Waals surface area contributed by atoms with Gasteiger partial charge in [-0.2, -0.15) is 0 Å². The molecule has 1 aromatic rings. The van der Waals surface area contributed by atoms with Gasteiger partial charge in [0.05, 0.1) is 16.7 Å². The second-order valence-electron chi connectivity index (χ2n) is 5.05. The summed E-state index contributed by atoms with van der Waals surface area (Å²) in [5.41, 5.74) is 1.54. The van der Waals surface area contributed by atoms with E-state index in [2.05, 4.69) is 0 Å². The summed E-state index contributed by atoms with van der Waals surface area (Å²) in [6.45, 7) is 5.25. The molecule has 1 radical (unpaired) electrons. The predicted octanol–water partition coefficient (Wildman–Crippen LogP) is 2.79. The van der Waals surface area contributed by atoms with Gasteiger partial charge in [0, 0.05) is 17.1 Å². The van der Waals surface area contributed by atoms with Crippen LogP contribution in [0.1, 0.15) is 68.5 Å². The Morgan fingerprint density at radius 2 is 1.04 bits per heavy atom. The standard InChI is InChI=1S/C15H18O6.C2HO3P.Mn/c1-4-7-8(5-2)10(13(16)17)12(15(20)21)11(14(18)19)9(7)6-3;3-2(4)1-6-5;/h4-6H2,1-3H3,(H,16,17)(H,18,19)(H,20,21);(H,3,4);. The molecule has 0 bridgehead atoms. The molecule has 0 spiro atoms. The van der Waals surface area contributed by atoms with Gasteiger partial charge in [0.25, 0.3) is 0 Å². The minimum Gasteiger partial charge on any atom is 0 e. The number of aromatic carboxylic acids is 3. The van der Waals surface area contributed by atoms with Crippen LogP contribution in [-0.4, -0.2) is 44.3 Å². The Labute approximate surface area is 172 Å². The maximum atomic E-state index is 11.5. The average Bonchev–Trinajstić information content (AvgIpc) is 2.58. The van der Waals surface area contributed by atoms with E-state index in [0.717, 1.165) is 0 Å². The van der Waals surface area contributed by atoms with Crippen molar-refractivity contribution in [1.82, 2.24) is 0 Å². The maximum absolute atomic E-state index is 11.5. The van der Waals surface area contributed by atoms with Crippen molar-refractivity contribution in [2.45, 2.75) is 40.0 Å². The zero-order chi connectivity index (χ0) is 21.3. The largest absolute Gasteiger partial charge is 0 e. The third-order valence-corrected chi connectivity index (χ3v) is 3.96. The average molecular weight is 453 g/mol. The monoisotopic (exact) mass is 453 g/mol. The molecule has 0 fully saturated rings. The summed E-state index contributed by atoms with van der Waals surface area (Å²) >= 11 is 0. The number of hydrogen-bond acceptors (Lipinski definition) is 5. The summed E-state index contributed by atoms with van der Waals surface area (Å²) in [5.74, 6) is -5.64. The first-order valence-corrected chi connectivity index (χ1v) is 8.61. The molecule has 0 amide bonds. The fourth-order valence-corrected chi connectivity index (χ4v) is 2.92. The molecule has 28 heavy (non-hydrogen) atoms. The molecule has 0 heterocycles. The van der Waals surface area contributed by atoms with Crippen molar-refractivity contribution in [2.24, 2.45) is 0 Å². The zero-order valence-electron chi connectivity index (χ0n) is 15.3. The van der Waals surface area contributed by atoms with Gasteiger partial charge in [-0.05, 0) is 36.0 Å². The molecule has 0 aliphatic heterocycles. The van der Waals surface area contributed by atoms with E-state index < -0.39 is 48.5 Å². The van der Waals surface area contributed by atoms with Crippen LogP contribution >= 0.6 is 7.92 Å². The van der Waals surface area contributed by atoms with Gasteiger partial charge in [-0.15, -0.1) is 0 Å². The molecule has 0 unspecified atom stereocenters. The first-order valence-electron chi connectivity index (χ1n) is 7.80. The van der Waals surface area contributed by atoms with Crippen molar-refractivity contribution in [2.75, 3.05) is 0 Å². The van der Waals surface area contributed by atoms with Gasteiger partial charge in [-0.25, -0.2) is 14.4 Å². The Morgan fingerprint density at radius 3 is 1.18 bits per heavy atom. The van der Waals surface area contributed by atoms with E-state index in [1.54, 1.807) is 26.4 Å². The van der Waals surface area contributed by atoms with Gasteiger partial charge in [0.1, 0.15) is 0 Å².